The van der Waals surface area contributed by atoms with Crippen LogP contribution in [0.25, 0.3) is 0 Å². The van der Waals surface area contributed by atoms with Gasteiger partial charge in [-0.2, -0.15) is 0 Å². The summed E-state index contributed by atoms with van der Waals surface area (Å²) in [6, 6.07) is 4.01. The van der Waals surface area contributed by atoms with Crippen molar-refractivity contribution in [1.29, 1.82) is 0 Å². The summed E-state index contributed by atoms with van der Waals surface area (Å²) in [6.07, 6.45) is 8.74. The Morgan fingerprint density at radius 1 is 0.958 bits per heavy atom. The maximum absolute atomic E-state index is 11.4. The Balaban J connectivity index is 3.08. The van der Waals surface area contributed by atoms with E-state index in [2.05, 4.69) is 38.7 Å². The fraction of sp³-hybridized carbons (Fsp3) is 0.667. The van der Waals surface area contributed by atoms with Gasteiger partial charge in [-0.05, 0) is 37.8 Å². The van der Waals surface area contributed by atoms with Gasteiger partial charge >= 0.3 is 0 Å². The molecule has 0 atom stereocenters. The minimum Gasteiger partial charge on any atom is -0.491 e. The number of ether oxygens (including phenoxy) is 1. The van der Waals surface area contributed by atoms with Gasteiger partial charge in [0, 0.05) is 24.2 Å². The zero-order valence-corrected chi connectivity index (χ0v) is 16.1. The molecule has 0 radical (unpaired) electrons. The topological polar surface area (TPSA) is 29.5 Å². The summed E-state index contributed by atoms with van der Waals surface area (Å²) in [5, 5.41) is 0. The fourth-order valence-corrected chi connectivity index (χ4v) is 3.11. The largest absolute Gasteiger partial charge is 0.491 e. The van der Waals surface area contributed by atoms with E-state index in [0.29, 0.717) is 0 Å². The lowest BCUT2D eigenvalue weighted by Gasteiger charge is -2.28. The molecule has 1 aromatic rings. The predicted octanol–water partition coefficient (Wildman–Crippen LogP) is 5.65. The van der Waals surface area contributed by atoms with Crippen LogP contribution in [-0.4, -0.2) is 26.0 Å². The molecule has 3 nitrogen and oxygen atoms in total. The van der Waals surface area contributed by atoms with Crippen molar-refractivity contribution in [3.8, 4) is 5.75 Å². The van der Waals surface area contributed by atoms with Crippen LogP contribution in [0.2, 0.25) is 0 Å². The van der Waals surface area contributed by atoms with E-state index in [1.807, 2.05) is 6.07 Å². The smallest absolute Gasteiger partial charge is 0.150 e. The first-order valence-electron chi connectivity index (χ1n) is 9.72. The molecule has 0 aliphatic carbocycles. The molecule has 0 aliphatic rings. The van der Waals surface area contributed by atoms with Crippen molar-refractivity contribution >= 4 is 12.0 Å². The summed E-state index contributed by atoms with van der Waals surface area (Å²) in [6.45, 7) is 11.5. The number of anilines is 1. The molecule has 0 fully saturated rings. The molecule has 1 rings (SSSR count). The molecule has 0 aromatic heterocycles. The van der Waals surface area contributed by atoms with Crippen LogP contribution in [0.15, 0.2) is 12.1 Å². The number of aldehydes is 1. The second-order valence-corrected chi connectivity index (χ2v) is 6.35. The van der Waals surface area contributed by atoms with Gasteiger partial charge < -0.3 is 9.64 Å². The lowest BCUT2D eigenvalue weighted by Crippen LogP contribution is -2.26. The Labute approximate surface area is 148 Å². The van der Waals surface area contributed by atoms with Crippen molar-refractivity contribution in [3.63, 3.8) is 0 Å². The highest BCUT2D eigenvalue weighted by Crippen LogP contribution is 2.35. The molecule has 0 N–H and O–H groups in total. The van der Waals surface area contributed by atoms with Crippen LogP contribution in [0.1, 0.15) is 82.1 Å². The van der Waals surface area contributed by atoms with E-state index in [1.165, 1.54) is 19.3 Å². The Kier molecular flexibility index (Phi) is 10.2. The van der Waals surface area contributed by atoms with Crippen molar-refractivity contribution in [3.05, 3.63) is 23.3 Å². The molecule has 0 spiro atoms. The average molecular weight is 334 g/mol. The summed E-state index contributed by atoms with van der Waals surface area (Å²) < 4.78 is 6.22. The van der Waals surface area contributed by atoms with Crippen LogP contribution in [0.4, 0.5) is 5.69 Å². The molecule has 0 unspecified atom stereocenters. The molecule has 1 aromatic carbocycles. The molecule has 3 heteroatoms. The minimum absolute atomic E-state index is 0.731. The van der Waals surface area contributed by atoms with E-state index in [-0.39, 0.29) is 0 Å². The molecule has 0 saturated carbocycles. The number of carbonyl (C=O) groups is 1. The van der Waals surface area contributed by atoms with Gasteiger partial charge in [-0.15, -0.1) is 0 Å². The minimum atomic E-state index is 0.731. The Bertz CT molecular complexity index is 479. The van der Waals surface area contributed by atoms with Gasteiger partial charge in [0.15, 0.2) is 0 Å². The molecule has 0 saturated heterocycles. The molecule has 0 bridgehead atoms. The maximum atomic E-state index is 11.4. The average Bonchev–Trinajstić information content (AvgIpc) is 2.60. The zero-order valence-electron chi connectivity index (χ0n) is 16.1. The normalized spacial score (nSPS) is 10.7. The quantitative estimate of drug-likeness (QED) is 0.345. The molecular formula is C21H35NO2. The number of carbonyl (C=O) groups excluding carboxylic acids is 1. The highest BCUT2D eigenvalue weighted by molar-refractivity contribution is 5.82. The van der Waals surface area contributed by atoms with Crippen LogP contribution >= 0.6 is 0 Å². The van der Waals surface area contributed by atoms with Crippen LogP contribution in [0, 0.1) is 0 Å². The van der Waals surface area contributed by atoms with Crippen LogP contribution < -0.4 is 9.64 Å². The number of rotatable bonds is 13. The van der Waals surface area contributed by atoms with Gasteiger partial charge in [-0.25, -0.2) is 0 Å². The molecule has 24 heavy (non-hydrogen) atoms. The Hall–Kier alpha value is -1.51. The van der Waals surface area contributed by atoms with Gasteiger partial charge in [0.25, 0.3) is 0 Å². The Morgan fingerprint density at radius 3 is 2.21 bits per heavy atom. The number of hydrogen-bond acceptors (Lipinski definition) is 3. The van der Waals surface area contributed by atoms with Crippen molar-refractivity contribution in [2.45, 2.75) is 72.6 Å². The third-order valence-corrected chi connectivity index (χ3v) is 4.33. The summed E-state index contributed by atoms with van der Waals surface area (Å²) in [4.78, 5) is 13.8. The van der Waals surface area contributed by atoms with Crippen molar-refractivity contribution in [2.75, 3.05) is 24.6 Å². The summed E-state index contributed by atoms with van der Waals surface area (Å²) in [7, 11) is 0. The van der Waals surface area contributed by atoms with E-state index in [1.54, 1.807) is 0 Å². The number of unbranched alkanes of at least 4 members (excludes halogenated alkanes) is 3. The Morgan fingerprint density at radius 2 is 1.67 bits per heavy atom. The second-order valence-electron chi connectivity index (χ2n) is 6.35. The highest BCUT2D eigenvalue weighted by atomic mass is 16.5. The molecule has 0 aliphatic heterocycles. The molecular weight excluding hydrogens is 298 g/mol. The van der Waals surface area contributed by atoms with Gasteiger partial charge in [-0.1, -0.05) is 47.0 Å². The summed E-state index contributed by atoms with van der Waals surface area (Å²) >= 11 is 0. The van der Waals surface area contributed by atoms with E-state index >= 15 is 0 Å². The molecule has 0 heterocycles. The maximum Gasteiger partial charge on any atom is 0.150 e. The third kappa shape index (κ3) is 5.85. The first-order valence-corrected chi connectivity index (χ1v) is 9.72. The van der Waals surface area contributed by atoms with Crippen molar-refractivity contribution in [1.82, 2.24) is 0 Å². The number of benzene rings is 1. The lowest BCUT2D eigenvalue weighted by molar-refractivity contribution is 0.112. The number of hydrogen-bond donors (Lipinski definition) is 0. The second kappa shape index (κ2) is 11.9. The fourth-order valence-electron chi connectivity index (χ4n) is 3.11. The van der Waals surface area contributed by atoms with Gasteiger partial charge in [0.05, 0.1) is 12.3 Å². The van der Waals surface area contributed by atoms with Gasteiger partial charge in [0.1, 0.15) is 12.0 Å². The monoisotopic (exact) mass is 333 g/mol. The first kappa shape index (κ1) is 20.5. The molecule has 0 amide bonds. The van der Waals surface area contributed by atoms with Crippen molar-refractivity contribution in [2.24, 2.45) is 0 Å². The van der Waals surface area contributed by atoms with E-state index in [9.17, 15) is 4.79 Å². The SMILES string of the molecule is CCCCCCOc1c(N(CCC)CCC)ccc(C=O)c1CC. The predicted molar refractivity (Wildman–Crippen MR) is 104 cm³/mol. The third-order valence-electron chi connectivity index (χ3n) is 4.33. The van der Waals surface area contributed by atoms with Crippen molar-refractivity contribution < 1.29 is 9.53 Å². The highest BCUT2D eigenvalue weighted by Gasteiger charge is 2.17. The molecule has 136 valence electrons. The van der Waals surface area contributed by atoms with E-state index < -0.39 is 0 Å². The zero-order chi connectivity index (χ0) is 17.8. The summed E-state index contributed by atoms with van der Waals surface area (Å²) in [5.74, 6) is 0.931. The van der Waals surface area contributed by atoms with E-state index in [0.717, 1.165) is 74.2 Å². The van der Waals surface area contributed by atoms with Crippen LogP contribution in [-0.2, 0) is 6.42 Å². The van der Waals surface area contributed by atoms with Crippen LogP contribution in [0.3, 0.4) is 0 Å². The van der Waals surface area contributed by atoms with E-state index in [4.69, 9.17) is 4.74 Å². The first-order chi connectivity index (χ1) is 11.7. The van der Waals surface area contributed by atoms with Gasteiger partial charge in [-0.3, -0.25) is 4.79 Å². The number of nitrogens with zero attached hydrogens (tertiary/aromatic N) is 1. The standard InChI is InChI=1S/C21H35NO2/c1-5-9-10-11-16-24-21-19(8-4)18(17-23)12-13-20(21)22(14-6-2)15-7-3/h12-13,17H,5-11,14-16H2,1-4H3. The van der Waals surface area contributed by atoms with Gasteiger partial charge in [0.2, 0.25) is 0 Å². The van der Waals surface area contributed by atoms with Crippen LogP contribution in [0.5, 0.6) is 5.75 Å². The summed E-state index contributed by atoms with van der Waals surface area (Å²) in [5.41, 5.74) is 2.96. The lowest BCUT2D eigenvalue weighted by atomic mass is 10.0.